The standard InChI is InChI=1S/C7H16N4O/c8-6(7(9)10)5-11-1-3-12-4-2-11/h1-5,8-10H2. The van der Waals surface area contributed by atoms with Crippen LogP contribution in [0.5, 0.6) is 0 Å². The fraction of sp³-hybridized carbons (Fsp3) is 0.714. The molecular formula is C7H16N4O. The van der Waals surface area contributed by atoms with E-state index in [1.807, 2.05) is 0 Å². The third-order valence-electron chi connectivity index (χ3n) is 1.87. The lowest BCUT2D eigenvalue weighted by Gasteiger charge is -2.26. The Morgan fingerprint density at radius 2 is 1.75 bits per heavy atom. The molecule has 1 heterocycles. The van der Waals surface area contributed by atoms with E-state index in [4.69, 9.17) is 21.9 Å². The van der Waals surface area contributed by atoms with Crippen LogP contribution in [0.15, 0.2) is 11.5 Å². The molecular weight excluding hydrogens is 156 g/mol. The van der Waals surface area contributed by atoms with Gasteiger partial charge in [0.05, 0.1) is 18.9 Å². The van der Waals surface area contributed by atoms with Gasteiger partial charge in [0.15, 0.2) is 0 Å². The Morgan fingerprint density at radius 1 is 1.17 bits per heavy atom. The van der Waals surface area contributed by atoms with E-state index in [0.717, 1.165) is 26.3 Å². The van der Waals surface area contributed by atoms with Gasteiger partial charge < -0.3 is 21.9 Å². The lowest BCUT2D eigenvalue weighted by molar-refractivity contribution is 0.0420. The zero-order valence-electron chi connectivity index (χ0n) is 7.12. The van der Waals surface area contributed by atoms with Crippen LogP contribution < -0.4 is 17.2 Å². The molecule has 12 heavy (non-hydrogen) atoms. The number of rotatable bonds is 2. The second kappa shape index (κ2) is 4.18. The smallest absolute Gasteiger partial charge is 0.114 e. The second-order valence-corrected chi connectivity index (χ2v) is 2.87. The first-order chi connectivity index (χ1) is 5.70. The van der Waals surface area contributed by atoms with Gasteiger partial charge in [0, 0.05) is 19.6 Å². The Balaban J connectivity index is 2.34. The minimum absolute atomic E-state index is 0.224. The average molecular weight is 172 g/mol. The van der Waals surface area contributed by atoms with Crippen molar-refractivity contribution in [2.45, 2.75) is 0 Å². The van der Waals surface area contributed by atoms with Crippen molar-refractivity contribution in [3.63, 3.8) is 0 Å². The van der Waals surface area contributed by atoms with Crippen LogP contribution in [0.3, 0.4) is 0 Å². The maximum Gasteiger partial charge on any atom is 0.114 e. The summed E-state index contributed by atoms with van der Waals surface area (Å²) in [5, 5.41) is 0. The fourth-order valence-electron chi connectivity index (χ4n) is 1.09. The molecule has 0 aromatic rings. The number of hydrogen-bond donors (Lipinski definition) is 3. The molecule has 1 aliphatic heterocycles. The van der Waals surface area contributed by atoms with Crippen LogP contribution in [0.4, 0.5) is 0 Å². The predicted molar refractivity (Wildman–Crippen MR) is 46.8 cm³/mol. The molecule has 1 saturated heterocycles. The van der Waals surface area contributed by atoms with Gasteiger partial charge >= 0.3 is 0 Å². The molecule has 0 aromatic carbocycles. The van der Waals surface area contributed by atoms with E-state index in [2.05, 4.69) is 4.90 Å². The summed E-state index contributed by atoms with van der Waals surface area (Å²) in [4.78, 5) is 2.17. The van der Waals surface area contributed by atoms with E-state index in [1.54, 1.807) is 0 Å². The van der Waals surface area contributed by atoms with Gasteiger partial charge in [-0.15, -0.1) is 0 Å². The molecule has 0 aliphatic carbocycles. The van der Waals surface area contributed by atoms with Crippen molar-refractivity contribution in [2.24, 2.45) is 17.2 Å². The number of hydrogen-bond acceptors (Lipinski definition) is 5. The van der Waals surface area contributed by atoms with Gasteiger partial charge in [-0.2, -0.15) is 0 Å². The third kappa shape index (κ3) is 2.60. The van der Waals surface area contributed by atoms with Gasteiger partial charge in [-0.25, -0.2) is 0 Å². The highest BCUT2D eigenvalue weighted by Crippen LogP contribution is 1.98. The molecule has 0 unspecified atom stereocenters. The van der Waals surface area contributed by atoms with E-state index in [9.17, 15) is 0 Å². The van der Waals surface area contributed by atoms with E-state index in [1.165, 1.54) is 0 Å². The molecule has 1 fully saturated rings. The Hall–Kier alpha value is -0.940. The van der Waals surface area contributed by atoms with Crippen molar-refractivity contribution in [3.05, 3.63) is 11.5 Å². The molecule has 1 rings (SSSR count). The van der Waals surface area contributed by atoms with Crippen molar-refractivity contribution in [1.29, 1.82) is 0 Å². The van der Waals surface area contributed by atoms with Crippen molar-refractivity contribution in [3.8, 4) is 0 Å². The van der Waals surface area contributed by atoms with Gasteiger partial charge in [0.2, 0.25) is 0 Å². The summed E-state index contributed by atoms with van der Waals surface area (Å²) in [6, 6.07) is 0. The zero-order chi connectivity index (χ0) is 8.97. The lowest BCUT2D eigenvalue weighted by Crippen LogP contribution is -2.39. The van der Waals surface area contributed by atoms with Crippen LogP contribution in [-0.2, 0) is 4.74 Å². The Morgan fingerprint density at radius 3 is 2.25 bits per heavy atom. The Kier molecular flexibility index (Phi) is 3.19. The lowest BCUT2D eigenvalue weighted by atomic mass is 10.3. The topological polar surface area (TPSA) is 90.5 Å². The first-order valence-electron chi connectivity index (χ1n) is 4.00. The molecule has 70 valence electrons. The monoisotopic (exact) mass is 172 g/mol. The summed E-state index contributed by atoms with van der Waals surface area (Å²) in [7, 11) is 0. The fourth-order valence-corrected chi connectivity index (χ4v) is 1.09. The minimum atomic E-state index is 0.224. The van der Waals surface area contributed by atoms with E-state index in [0.29, 0.717) is 12.2 Å². The largest absolute Gasteiger partial charge is 0.398 e. The van der Waals surface area contributed by atoms with E-state index < -0.39 is 0 Å². The van der Waals surface area contributed by atoms with Crippen molar-refractivity contribution >= 4 is 0 Å². The molecule has 0 radical (unpaired) electrons. The third-order valence-corrected chi connectivity index (χ3v) is 1.87. The summed E-state index contributed by atoms with van der Waals surface area (Å²) < 4.78 is 5.18. The van der Waals surface area contributed by atoms with Crippen molar-refractivity contribution in [2.75, 3.05) is 32.8 Å². The van der Waals surface area contributed by atoms with Crippen molar-refractivity contribution in [1.82, 2.24) is 4.90 Å². The van der Waals surface area contributed by atoms with Gasteiger partial charge in [-0.3, -0.25) is 4.90 Å². The maximum absolute atomic E-state index is 5.59. The van der Waals surface area contributed by atoms with Crippen LogP contribution in [0, 0.1) is 0 Å². The maximum atomic E-state index is 5.59. The SMILES string of the molecule is NC(N)=C(N)CN1CCOCC1. The number of nitrogens with zero attached hydrogens (tertiary/aromatic N) is 1. The van der Waals surface area contributed by atoms with E-state index in [-0.39, 0.29) is 5.82 Å². The molecule has 5 heteroatoms. The number of ether oxygens (including phenoxy) is 1. The zero-order valence-corrected chi connectivity index (χ0v) is 7.12. The minimum Gasteiger partial charge on any atom is -0.398 e. The highest BCUT2D eigenvalue weighted by Gasteiger charge is 2.11. The molecule has 0 saturated carbocycles. The van der Waals surface area contributed by atoms with E-state index >= 15 is 0 Å². The number of nitrogens with two attached hydrogens (primary N) is 3. The summed E-state index contributed by atoms with van der Waals surface area (Å²) in [5.74, 6) is 0.224. The second-order valence-electron chi connectivity index (χ2n) is 2.87. The summed E-state index contributed by atoms with van der Waals surface area (Å²) in [5.41, 5.74) is 16.8. The molecule has 0 amide bonds. The van der Waals surface area contributed by atoms with Crippen LogP contribution in [0.2, 0.25) is 0 Å². The predicted octanol–water partition coefficient (Wildman–Crippen LogP) is -1.64. The van der Waals surface area contributed by atoms with Crippen LogP contribution in [-0.4, -0.2) is 37.7 Å². The Labute approximate surface area is 72.1 Å². The normalized spacial score (nSPS) is 19.0. The molecule has 0 spiro atoms. The highest BCUT2D eigenvalue weighted by atomic mass is 16.5. The summed E-state index contributed by atoms with van der Waals surface area (Å²) in [6.45, 7) is 3.96. The average Bonchev–Trinajstić information content (AvgIpc) is 2.06. The molecule has 1 aliphatic rings. The molecule has 0 aromatic heterocycles. The molecule has 5 nitrogen and oxygen atoms in total. The quantitative estimate of drug-likeness (QED) is 0.465. The van der Waals surface area contributed by atoms with Crippen LogP contribution in [0.25, 0.3) is 0 Å². The first-order valence-corrected chi connectivity index (χ1v) is 4.00. The number of morpholine rings is 1. The van der Waals surface area contributed by atoms with Crippen LogP contribution >= 0.6 is 0 Å². The van der Waals surface area contributed by atoms with Gasteiger partial charge in [-0.05, 0) is 0 Å². The van der Waals surface area contributed by atoms with Gasteiger partial charge in [0.1, 0.15) is 5.82 Å². The summed E-state index contributed by atoms with van der Waals surface area (Å²) in [6.07, 6.45) is 0. The highest BCUT2D eigenvalue weighted by molar-refractivity contribution is 5.05. The molecule has 6 N–H and O–H groups in total. The Bertz CT molecular complexity index is 170. The van der Waals surface area contributed by atoms with Gasteiger partial charge in [-0.1, -0.05) is 0 Å². The summed E-state index contributed by atoms with van der Waals surface area (Å²) >= 11 is 0. The first kappa shape index (κ1) is 9.15. The van der Waals surface area contributed by atoms with Gasteiger partial charge in [0.25, 0.3) is 0 Å². The van der Waals surface area contributed by atoms with Crippen LogP contribution in [0.1, 0.15) is 0 Å². The van der Waals surface area contributed by atoms with Crippen molar-refractivity contribution < 1.29 is 4.74 Å². The molecule has 0 atom stereocenters. The molecule has 0 bridgehead atoms.